The van der Waals surface area contributed by atoms with Crippen LogP contribution in [0.5, 0.6) is 5.75 Å². The van der Waals surface area contributed by atoms with Crippen molar-refractivity contribution < 1.29 is 4.74 Å². The van der Waals surface area contributed by atoms with E-state index in [2.05, 4.69) is 35.1 Å². The summed E-state index contributed by atoms with van der Waals surface area (Å²) in [5.41, 5.74) is 1.42. The molecule has 2 aromatic rings. The highest BCUT2D eigenvalue weighted by Gasteiger charge is 2.30. The summed E-state index contributed by atoms with van der Waals surface area (Å²) in [5, 5.41) is 2.56. The Kier molecular flexibility index (Phi) is 3.30. The van der Waals surface area contributed by atoms with Crippen molar-refractivity contribution in [3.05, 3.63) is 36.2 Å². The van der Waals surface area contributed by atoms with Crippen molar-refractivity contribution in [1.82, 2.24) is 9.88 Å². The van der Waals surface area contributed by atoms with Crippen molar-refractivity contribution >= 4 is 10.8 Å². The van der Waals surface area contributed by atoms with Crippen LogP contribution in [-0.2, 0) is 0 Å². The van der Waals surface area contributed by atoms with Gasteiger partial charge in [0.25, 0.3) is 0 Å². The van der Waals surface area contributed by atoms with E-state index in [0.717, 1.165) is 31.7 Å². The number of benzene rings is 1. The maximum absolute atomic E-state index is 6.40. The van der Waals surface area contributed by atoms with Crippen LogP contribution in [0.3, 0.4) is 0 Å². The third kappa shape index (κ3) is 2.62. The summed E-state index contributed by atoms with van der Waals surface area (Å²) >= 11 is 0. The molecule has 3 nitrogen and oxygen atoms in total. The molecular formula is C18H22N2O. The van der Waals surface area contributed by atoms with Gasteiger partial charge in [0.1, 0.15) is 11.9 Å². The quantitative estimate of drug-likeness (QED) is 0.860. The van der Waals surface area contributed by atoms with Crippen molar-refractivity contribution in [1.29, 1.82) is 0 Å². The van der Waals surface area contributed by atoms with Crippen LogP contribution < -0.4 is 4.74 Å². The standard InChI is InChI=1S/C18H22N2O/c1-20-10-7-15(8-11-20)21-17-5-4-14-12-19-9-6-16(14)18(17)13-2-3-13/h4-6,9,12-13,15H,2-3,7-8,10-11H2,1H3. The predicted molar refractivity (Wildman–Crippen MR) is 84.9 cm³/mol. The van der Waals surface area contributed by atoms with Crippen LogP contribution in [0.4, 0.5) is 0 Å². The molecule has 2 aliphatic rings. The molecule has 0 amide bonds. The number of aromatic nitrogens is 1. The highest BCUT2D eigenvalue weighted by atomic mass is 16.5. The zero-order chi connectivity index (χ0) is 14.2. The van der Waals surface area contributed by atoms with Gasteiger partial charge in [-0.15, -0.1) is 0 Å². The average Bonchev–Trinajstić information content (AvgIpc) is 3.34. The van der Waals surface area contributed by atoms with Crippen LogP contribution in [0.15, 0.2) is 30.6 Å². The fourth-order valence-corrected chi connectivity index (χ4v) is 3.35. The first-order chi connectivity index (χ1) is 10.3. The molecule has 1 aromatic heterocycles. The molecule has 2 heterocycles. The lowest BCUT2D eigenvalue weighted by Gasteiger charge is -2.30. The Balaban J connectivity index is 1.66. The summed E-state index contributed by atoms with van der Waals surface area (Å²) in [7, 11) is 2.19. The van der Waals surface area contributed by atoms with Crippen LogP contribution >= 0.6 is 0 Å². The monoisotopic (exact) mass is 282 g/mol. The molecule has 1 saturated heterocycles. The summed E-state index contributed by atoms with van der Waals surface area (Å²) < 4.78 is 6.40. The van der Waals surface area contributed by atoms with Crippen molar-refractivity contribution in [3.8, 4) is 5.75 Å². The molecule has 2 fully saturated rings. The number of hydrogen-bond acceptors (Lipinski definition) is 3. The van der Waals surface area contributed by atoms with E-state index < -0.39 is 0 Å². The number of rotatable bonds is 3. The molecular weight excluding hydrogens is 260 g/mol. The summed E-state index contributed by atoms with van der Waals surface area (Å²) in [6, 6.07) is 6.46. The van der Waals surface area contributed by atoms with Gasteiger partial charge in [0.2, 0.25) is 0 Å². The van der Waals surface area contributed by atoms with E-state index in [1.54, 1.807) is 0 Å². The molecule has 110 valence electrons. The first-order valence-electron chi connectivity index (χ1n) is 8.03. The van der Waals surface area contributed by atoms with E-state index in [9.17, 15) is 0 Å². The molecule has 1 aliphatic carbocycles. The van der Waals surface area contributed by atoms with Crippen LogP contribution in [0.2, 0.25) is 0 Å². The normalized spacial score (nSPS) is 20.8. The number of fused-ring (bicyclic) bond motifs is 1. The Labute approximate surface area is 125 Å². The highest BCUT2D eigenvalue weighted by molar-refractivity contribution is 5.87. The van der Waals surface area contributed by atoms with Crippen LogP contribution in [-0.4, -0.2) is 36.1 Å². The van der Waals surface area contributed by atoms with Crippen molar-refractivity contribution in [3.63, 3.8) is 0 Å². The summed E-state index contributed by atoms with van der Waals surface area (Å²) in [6.45, 7) is 2.28. The topological polar surface area (TPSA) is 25.4 Å². The highest BCUT2D eigenvalue weighted by Crippen LogP contribution is 2.47. The molecule has 0 unspecified atom stereocenters. The Morgan fingerprint density at radius 2 is 1.90 bits per heavy atom. The van der Waals surface area contributed by atoms with E-state index in [0.29, 0.717) is 12.0 Å². The number of pyridine rings is 1. The van der Waals surface area contributed by atoms with E-state index in [1.165, 1.54) is 29.2 Å². The zero-order valence-electron chi connectivity index (χ0n) is 12.6. The van der Waals surface area contributed by atoms with Crippen LogP contribution in [0.1, 0.15) is 37.2 Å². The second-order valence-electron chi connectivity index (χ2n) is 6.47. The number of hydrogen-bond donors (Lipinski definition) is 0. The van der Waals surface area contributed by atoms with Gasteiger partial charge in [-0.2, -0.15) is 0 Å². The maximum atomic E-state index is 6.40. The van der Waals surface area contributed by atoms with Gasteiger partial charge in [0, 0.05) is 36.4 Å². The maximum Gasteiger partial charge on any atom is 0.123 e. The van der Waals surface area contributed by atoms with Gasteiger partial charge in [-0.1, -0.05) is 0 Å². The molecule has 4 rings (SSSR count). The number of ether oxygens (including phenoxy) is 1. The second-order valence-corrected chi connectivity index (χ2v) is 6.47. The van der Waals surface area contributed by atoms with Crippen molar-refractivity contribution in [2.75, 3.05) is 20.1 Å². The van der Waals surface area contributed by atoms with Gasteiger partial charge in [-0.05, 0) is 62.2 Å². The van der Waals surface area contributed by atoms with Crippen LogP contribution in [0, 0.1) is 0 Å². The van der Waals surface area contributed by atoms with Gasteiger partial charge in [0.05, 0.1) is 0 Å². The lowest BCUT2D eigenvalue weighted by Crippen LogP contribution is -2.35. The van der Waals surface area contributed by atoms with Crippen LogP contribution in [0.25, 0.3) is 10.8 Å². The molecule has 21 heavy (non-hydrogen) atoms. The number of nitrogens with zero attached hydrogens (tertiary/aromatic N) is 2. The summed E-state index contributed by atoms with van der Waals surface area (Å²) in [5.74, 6) is 1.81. The molecule has 0 N–H and O–H groups in total. The fourth-order valence-electron chi connectivity index (χ4n) is 3.35. The average molecular weight is 282 g/mol. The Hall–Kier alpha value is -1.61. The van der Waals surface area contributed by atoms with Gasteiger partial charge in [-0.25, -0.2) is 0 Å². The van der Waals surface area contributed by atoms with E-state index in [-0.39, 0.29) is 0 Å². The smallest absolute Gasteiger partial charge is 0.123 e. The second kappa shape index (κ2) is 5.30. The Morgan fingerprint density at radius 3 is 2.67 bits per heavy atom. The first-order valence-corrected chi connectivity index (χ1v) is 8.03. The van der Waals surface area contributed by atoms with Crippen molar-refractivity contribution in [2.45, 2.75) is 37.7 Å². The van der Waals surface area contributed by atoms with E-state index >= 15 is 0 Å². The lowest BCUT2D eigenvalue weighted by atomic mass is 10.0. The molecule has 1 aromatic carbocycles. The largest absolute Gasteiger partial charge is 0.490 e. The minimum absolute atomic E-state index is 0.373. The van der Waals surface area contributed by atoms with E-state index in [1.807, 2.05) is 12.4 Å². The SMILES string of the molecule is CN1CCC(Oc2ccc3cnccc3c2C2CC2)CC1. The Bertz CT molecular complexity index is 643. The predicted octanol–water partition coefficient (Wildman–Crippen LogP) is 3.59. The number of likely N-dealkylation sites (tertiary alicyclic amines) is 1. The van der Waals surface area contributed by atoms with Gasteiger partial charge in [0.15, 0.2) is 0 Å². The summed E-state index contributed by atoms with van der Waals surface area (Å²) in [4.78, 5) is 6.62. The molecule has 3 heteroatoms. The number of piperidine rings is 1. The van der Waals surface area contributed by atoms with Gasteiger partial charge >= 0.3 is 0 Å². The fraction of sp³-hybridized carbons (Fsp3) is 0.500. The van der Waals surface area contributed by atoms with E-state index in [4.69, 9.17) is 4.74 Å². The minimum atomic E-state index is 0.373. The van der Waals surface area contributed by atoms with Gasteiger partial charge in [-0.3, -0.25) is 4.98 Å². The summed E-state index contributed by atoms with van der Waals surface area (Å²) in [6.07, 6.45) is 9.09. The lowest BCUT2D eigenvalue weighted by molar-refractivity contribution is 0.113. The third-order valence-electron chi connectivity index (χ3n) is 4.77. The molecule has 0 bridgehead atoms. The third-order valence-corrected chi connectivity index (χ3v) is 4.77. The molecule has 1 aliphatic heterocycles. The first kappa shape index (κ1) is 13.1. The molecule has 0 spiro atoms. The van der Waals surface area contributed by atoms with Gasteiger partial charge < -0.3 is 9.64 Å². The molecule has 0 radical (unpaired) electrons. The molecule has 0 atom stereocenters. The zero-order valence-corrected chi connectivity index (χ0v) is 12.6. The Morgan fingerprint density at radius 1 is 1.10 bits per heavy atom. The van der Waals surface area contributed by atoms with Crippen molar-refractivity contribution in [2.24, 2.45) is 0 Å². The minimum Gasteiger partial charge on any atom is -0.490 e. The molecule has 1 saturated carbocycles.